The van der Waals surface area contributed by atoms with E-state index in [1.54, 1.807) is 6.33 Å². The van der Waals surface area contributed by atoms with Crippen molar-refractivity contribution >= 4 is 24.6 Å². The van der Waals surface area contributed by atoms with Crippen LogP contribution < -0.4 is 5.73 Å². The molecule has 0 aliphatic carbocycles. The van der Waals surface area contributed by atoms with Gasteiger partial charge in [0.25, 0.3) is 0 Å². The van der Waals surface area contributed by atoms with Gasteiger partial charge in [0.15, 0.2) is 11.5 Å². The third-order valence-electron chi connectivity index (χ3n) is 8.41. The first-order valence-corrected chi connectivity index (χ1v) is 19.7. The molecular weight excluding hydrogens is 613 g/mol. The van der Waals surface area contributed by atoms with E-state index in [9.17, 15) is 4.57 Å². The normalized spacial score (nSPS) is 14.4. The first-order chi connectivity index (χ1) is 22.9. The van der Waals surface area contributed by atoms with Crippen molar-refractivity contribution in [1.82, 2.24) is 19.5 Å². The van der Waals surface area contributed by atoms with Crippen molar-refractivity contribution in [2.45, 2.75) is 142 Å². The fourth-order valence-electron chi connectivity index (χ4n) is 5.57. The number of hydrogen-bond donors (Lipinski definition) is 1. The van der Waals surface area contributed by atoms with E-state index in [1.807, 2.05) is 41.8 Å². The van der Waals surface area contributed by atoms with E-state index in [4.69, 9.17) is 24.3 Å². The first-order valence-electron chi connectivity index (χ1n) is 18.0. The molecule has 3 rings (SSSR count). The molecule has 3 atom stereocenters. The zero-order valence-electron chi connectivity index (χ0n) is 29.2. The van der Waals surface area contributed by atoms with Gasteiger partial charge in [-0.25, -0.2) is 15.0 Å². The monoisotopic (exact) mass is 673 g/mol. The predicted octanol–water partition coefficient (Wildman–Crippen LogP) is 9.47. The zero-order chi connectivity index (χ0) is 33.6. The van der Waals surface area contributed by atoms with Crippen LogP contribution in [0.4, 0.5) is 5.82 Å². The Hall–Kier alpha value is -2.36. The van der Waals surface area contributed by atoms with E-state index in [2.05, 4.69) is 28.8 Å². The number of rotatable bonds is 28. The van der Waals surface area contributed by atoms with Crippen LogP contribution in [0.1, 0.15) is 123 Å². The minimum Gasteiger partial charge on any atom is -0.382 e. The number of nitrogens with two attached hydrogens (primary N) is 1. The van der Waals surface area contributed by atoms with Gasteiger partial charge in [0.1, 0.15) is 18.2 Å². The number of benzene rings is 1. The third-order valence-corrected chi connectivity index (χ3v) is 9.97. The molecule has 11 heteroatoms. The summed E-state index contributed by atoms with van der Waals surface area (Å²) < 4.78 is 39.2. The number of nitrogens with zero attached hydrogens (tertiary/aromatic N) is 4. The van der Waals surface area contributed by atoms with Gasteiger partial charge in [0.05, 0.1) is 44.9 Å². The van der Waals surface area contributed by atoms with E-state index < -0.39 is 7.60 Å². The molecule has 2 N–H and O–H groups in total. The van der Waals surface area contributed by atoms with Gasteiger partial charge in [-0.3, -0.25) is 4.57 Å². The van der Waals surface area contributed by atoms with Crippen molar-refractivity contribution in [1.29, 1.82) is 0 Å². The summed E-state index contributed by atoms with van der Waals surface area (Å²) in [6.07, 6.45) is 22.7. The van der Waals surface area contributed by atoms with Crippen molar-refractivity contribution in [3.05, 3.63) is 48.5 Å². The fourth-order valence-corrected chi connectivity index (χ4v) is 6.93. The highest BCUT2D eigenvalue weighted by molar-refractivity contribution is 7.53. The molecule has 47 heavy (non-hydrogen) atoms. The van der Waals surface area contributed by atoms with Crippen LogP contribution in [-0.2, 0) is 36.2 Å². The molecule has 0 saturated heterocycles. The molecule has 2 heterocycles. The summed E-state index contributed by atoms with van der Waals surface area (Å²) in [4.78, 5) is 12.6. The zero-order valence-corrected chi connectivity index (χ0v) is 30.1. The first kappa shape index (κ1) is 39.1. The highest BCUT2D eigenvalue weighted by Gasteiger charge is 2.27. The Kier molecular flexibility index (Phi) is 19.2. The average molecular weight is 674 g/mol. The quantitative estimate of drug-likeness (QED) is 0.0593. The SMILES string of the molecule is CCCCCCCCCCCCCCCCC(C)OCCOP(=O)(COC(C)Cn1cnc2c(N)ncnc21)OCc1ccccc1. The molecule has 0 aliphatic rings. The maximum absolute atomic E-state index is 13.7. The third kappa shape index (κ3) is 16.1. The Morgan fingerprint density at radius 2 is 1.40 bits per heavy atom. The van der Waals surface area contributed by atoms with E-state index in [0.717, 1.165) is 18.4 Å². The van der Waals surface area contributed by atoms with Crippen LogP contribution in [0.25, 0.3) is 11.2 Å². The van der Waals surface area contributed by atoms with E-state index in [-0.39, 0.29) is 31.8 Å². The summed E-state index contributed by atoms with van der Waals surface area (Å²) in [6.45, 7) is 7.36. The van der Waals surface area contributed by atoms with Gasteiger partial charge >= 0.3 is 7.60 Å². The Morgan fingerprint density at radius 1 is 0.766 bits per heavy atom. The molecule has 0 saturated carbocycles. The molecule has 3 aromatic rings. The number of unbranched alkanes of at least 4 members (excludes halogenated alkanes) is 13. The van der Waals surface area contributed by atoms with Gasteiger partial charge in [-0.15, -0.1) is 0 Å². The molecule has 264 valence electrons. The maximum atomic E-state index is 13.7. The Morgan fingerprint density at radius 3 is 2.06 bits per heavy atom. The molecule has 0 spiro atoms. The minimum atomic E-state index is -3.57. The van der Waals surface area contributed by atoms with E-state index >= 15 is 0 Å². The lowest BCUT2D eigenvalue weighted by Gasteiger charge is -2.22. The van der Waals surface area contributed by atoms with Crippen LogP contribution in [0.15, 0.2) is 43.0 Å². The van der Waals surface area contributed by atoms with Crippen molar-refractivity contribution in [3.8, 4) is 0 Å². The van der Waals surface area contributed by atoms with Crippen molar-refractivity contribution in [3.63, 3.8) is 0 Å². The molecule has 0 radical (unpaired) electrons. The molecule has 10 nitrogen and oxygen atoms in total. The number of nitrogen functional groups attached to an aromatic ring is 1. The Balaban J connectivity index is 1.30. The molecule has 0 fully saturated rings. The topological polar surface area (TPSA) is 124 Å². The van der Waals surface area contributed by atoms with Gasteiger partial charge in [0.2, 0.25) is 0 Å². The van der Waals surface area contributed by atoms with Gasteiger partial charge < -0.3 is 28.8 Å². The number of anilines is 1. The number of imidazole rings is 1. The number of aromatic nitrogens is 4. The summed E-state index contributed by atoms with van der Waals surface area (Å²) >= 11 is 0. The molecular formula is C36H60N5O5P. The second-order valence-corrected chi connectivity index (χ2v) is 14.7. The number of hydrogen-bond acceptors (Lipinski definition) is 9. The Labute approximate surface area is 283 Å². The van der Waals surface area contributed by atoms with Crippen LogP contribution in [-0.4, -0.2) is 51.3 Å². The van der Waals surface area contributed by atoms with Crippen LogP contribution >= 0.6 is 7.60 Å². The summed E-state index contributed by atoms with van der Waals surface area (Å²) in [5.41, 5.74) is 7.97. The minimum absolute atomic E-state index is 0.125. The predicted molar refractivity (Wildman–Crippen MR) is 190 cm³/mol. The molecule has 1 aromatic carbocycles. The molecule has 0 bridgehead atoms. The summed E-state index contributed by atoms with van der Waals surface area (Å²) in [5, 5.41) is 0. The second-order valence-electron chi connectivity index (χ2n) is 12.7. The van der Waals surface area contributed by atoms with E-state index in [1.165, 1.54) is 89.8 Å². The summed E-state index contributed by atoms with van der Waals surface area (Å²) in [7, 11) is -3.57. The lowest BCUT2D eigenvalue weighted by atomic mass is 10.0. The van der Waals surface area contributed by atoms with Gasteiger partial charge in [-0.05, 0) is 25.8 Å². The van der Waals surface area contributed by atoms with Gasteiger partial charge in [-0.2, -0.15) is 0 Å². The second kappa shape index (κ2) is 23.1. The summed E-state index contributed by atoms with van der Waals surface area (Å²) in [5.74, 6) is 0.325. The highest BCUT2D eigenvalue weighted by Crippen LogP contribution is 2.49. The summed E-state index contributed by atoms with van der Waals surface area (Å²) in [6, 6.07) is 9.62. The van der Waals surface area contributed by atoms with Gasteiger partial charge in [-0.1, -0.05) is 127 Å². The molecule has 0 aliphatic heterocycles. The largest absolute Gasteiger partial charge is 0.382 e. The lowest BCUT2D eigenvalue weighted by Crippen LogP contribution is -2.19. The Bertz CT molecular complexity index is 1280. The van der Waals surface area contributed by atoms with E-state index in [0.29, 0.717) is 30.1 Å². The van der Waals surface area contributed by atoms with Crippen molar-refractivity contribution in [2.24, 2.45) is 0 Å². The average Bonchev–Trinajstić information content (AvgIpc) is 3.49. The standard InChI is InChI=1S/C36H60N5O5P/c1-4-5-6-7-8-9-10-11-12-13-14-15-16-18-21-31(2)43-24-25-45-47(42,46-27-33-22-19-17-20-23-33)30-44-32(3)26-41-29-40-34-35(37)38-28-39-36(34)41/h17,19-20,22-23,28-29,31-32H,4-16,18,21,24-27,30H2,1-3H3,(H2,37,38,39). The van der Waals surface area contributed by atoms with Crippen molar-refractivity contribution < 1.29 is 23.1 Å². The molecule has 3 unspecified atom stereocenters. The van der Waals surface area contributed by atoms with Crippen LogP contribution in [0.5, 0.6) is 0 Å². The molecule has 2 aromatic heterocycles. The smallest absolute Gasteiger partial charge is 0.356 e. The highest BCUT2D eigenvalue weighted by atomic mass is 31.2. The molecule has 0 amide bonds. The van der Waals surface area contributed by atoms with Crippen LogP contribution in [0.2, 0.25) is 0 Å². The van der Waals surface area contributed by atoms with Crippen LogP contribution in [0, 0.1) is 0 Å². The maximum Gasteiger partial charge on any atom is 0.356 e. The lowest BCUT2D eigenvalue weighted by molar-refractivity contribution is 0.0263. The van der Waals surface area contributed by atoms with Gasteiger partial charge in [0, 0.05) is 0 Å². The number of fused-ring (bicyclic) bond motifs is 1. The van der Waals surface area contributed by atoms with Crippen LogP contribution in [0.3, 0.4) is 0 Å². The number of ether oxygens (including phenoxy) is 2. The van der Waals surface area contributed by atoms with Crippen molar-refractivity contribution in [2.75, 3.05) is 25.3 Å². The fraction of sp³-hybridized carbons (Fsp3) is 0.694.